The summed E-state index contributed by atoms with van der Waals surface area (Å²) in [6, 6.07) is 13.1. The minimum Gasteiger partial charge on any atom is -0.494 e. The van der Waals surface area contributed by atoms with E-state index in [1.54, 1.807) is 12.1 Å². The van der Waals surface area contributed by atoms with Crippen LogP contribution in [0.1, 0.15) is 30.0 Å². The van der Waals surface area contributed by atoms with Crippen molar-refractivity contribution in [3.8, 4) is 5.75 Å². The van der Waals surface area contributed by atoms with Crippen molar-refractivity contribution < 1.29 is 29.5 Å². The molecule has 2 heterocycles. The zero-order chi connectivity index (χ0) is 20.6. The number of fused-ring (bicyclic) bond motifs is 2. The zero-order valence-corrected chi connectivity index (χ0v) is 16.9. The summed E-state index contributed by atoms with van der Waals surface area (Å²) in [6.45, 7) is 2.34. The number of benzene rings is 2. The number of halogens is 1. The zero-order valence-electron chi connectivity index (χ0n) is 16.2. The molecule has 2 bridgehead atoms. The third kappa shape index (κ3) is 3.65. The molecular weight excluding hydrogens is 396 g/mol. The van der Waals surface area contributed by atoms with Gasteiger partial charge in [0, 0.05) is 17.0 Å². The molecule has 0 aliphatic carbocycles. The Morgan fingerprint density at radius 1 is 1.17 bits per heavy atom. The smallest absolute Gasteiger partial charge is 0.225 e. The van der Waals surface area contributed by atoms with Gasteiger partial charge in [-0.25, -0.2) is 0 Å². The van der Waals surface area contributed by atoms with E-state index >= 15 is 0 Å². The van der Waals surface area contributed by atoms with Crippen LogP contribution in [0.3, 0.4) is 0 Å². The Hall–Kier alpha value is -1.67. The first kappa shape index (κ1) is 20.6. The summed E-state index contributed by atoms with van der Waals surface area (Å²) in [4.78, 5) is 0. The summed E-state index contributed by atoms with van der Waals surface area (Å²) in [6.07, 6.45) is -1.66. The van der Waals surface area contributed by atoms with E-state index in [0.717, 1.165) is 16.9 Å². The molecule has 0 saturated carbocycles. The van der Waals surface area contributed by atoms with Crippen molar-refractivity contribution in [3.63, 3.8) is 0 Å². The molecule has 2 aliphatic heterocycles. The van der Waals surface area contributed by atoms with Crippen molar-refractivity contribution in [1.29, 1.82) is 0 Å². The molecule has 2 fully saturated rings. The molecule has 0 spiro atoms. The minimum absolute atomic E-state index is 0.0917. The van der Waals surface area contributed by atoms with E-state index in [0.29, 0.717) is 23.6 Å². The lowest BCUT2D eigenvalue weighted by atomic mass is 9.86. The van der Waals surface area contributed by atoms with Crippen molar-refractivity contribution in [2.75, 3.05) is 19.8 Å². The van der Waals surface area contributed by atoms with Crippen LogP contribution in [0, 0.1) is 0 Å². The highest BCUT2D eigenvalue weighted by Crippen LogP contribution is 2.49. The van der Waals surface area contributed by atoms with Crippen LogP contribution in [0.2, 0.25) is 5.02 Å². The molecule has 156 valence electrons. The molecule has 2 aromatic carbocycles. The van der Waals surface area contributed by atoms with E-state index in [4.69, 9.17) is 25.8 Å². The van der Waals surface area contributed by atoms with Gasteiger partial charge < -0.3 is 29.5 Å². The van der Waals surface area contributed by atoms with E-state index in [1.807, 2.05) is 37.3 Å². The molecule has 0 amide bonds. The molecule has 2 saturated heterocycles. The average molecular weight is 421 g/mol. The average Bonchev–Trinajstić information content (AvgIpc) is 3.07. The number of rotatable bonds is 6. The van der Waals surface area contributed by atoms with Gasteiger partial charge in [-0.15, -0.1) is 0 Å². The van der Waals surface area contributed by atoms with Gasteiger partial charge in [0.2, 0.25) is 5.79 Å². The molecule has 2 aromatic rings. The summed E-state index contributed by atoms with van der Waals surface area (Å²) in [5.41, 5.74) is 1.42. The summed E-state index contributed by atoms with van der Waals surface area (Å²) < 4.78 is 17.4. The van der Waals surface area contributed by atoms with Gasteiger partial charge in [-0.3, -0.25) is 0 Å². The van der Waals surface area contributed by atoms with Crippen LogP contribution in [0.25, 0.3) is 0 Å². The lowest BCUT2D eigenvalue weighted by molar-refractivity contribution is -0.302. The largest absolute Gasteiger partial charge is 0.494 e. The molecule has 0 unspecified atom stereocenters. The minimum atomic E-state index is -1.53. The third-order valence-electron chi connectivity index (χ3n) is 5.62. The molecule has 4 rings (SSSR count). The van der Waals surface area contributed by atoms with Crippen LogP contribution in [0.5, 0.6) is 5.75 Å². The number of aliphatic hydroxyl groups is 3. The van der Waals surface area contributed by atoms with E-state index in [9.17, 15) is 15.3 Å². The second kappa shape index (κ2) is 7.87. The van der Waals surface area contributed by atoms with Gasteiger partial charge in [-0.05, 0) is 48.7 Å². The summed E-state index contributed by atoms with van der Waals surface area (Å²) >= 11 is 6.43. The Bertz CT molecular complexity index is 872. The molecule has 2 aliphatic rings. The van der Waals surface area contributed by atoms with E-state index in [2.05, 4.69) is 0 Å². The molecule has 7 heteroatoms. The van der Waals surface area contributed by atoms with Crippen molar-refractivity contribution in [2.24, 2.45) is 0 Å². The van der Waals surface area contributed by atoms with Crippen LogP contribution in [-0.4, -0.2) is 52.9 Å². The Labute approximate surface area is 174 Å². The first-order chi connectivity index (χ1) is 13.9. The van der Waals surface area contributed by atoms with Gasteiger partial charge in [0.15, 0.2) is 0 Å². The Morgan fingerprint density at radius 3 is 2.62 bits per heavy atom. The van der Waals surface area contributed by atoms with Crippen molar-refractivity contribution >= 4 is 11.6 Å². The second-order valence-corrected chi connectivity index (χ2v) is 8.08. The fourth-order valence-electron chi connectivity index (χ4n) is 4.08. The predicted octanol–water partition coefficient (Wildman–Crippen LogP) is 2.39. The lowest BCUT2D eigenvalue weighted by Crippen LogP contribution is -2.57. The molecule has 29 heavy (non-hydrogen) atoms. The second-order valence-electron chi connectivity index (χ2n) is 7.68. The van der Waals surface area contributed by atoms with Gasteiger partial charge in [0.25, 0.3) is 0 Å². The highest BCUT2D eigenvalue weighted by Gasteiger charge is 2.62. The topological polar surface area (TPSA) is 88.4 Å². The van der Waals surface area contributed by atoms with Crippen LogP contribution in [-0.2, 0) is 21.7 Å². The van der Waals surface area contributed by atoms with Crippen molar-refractivity contribution in [2.45, 2.75) is 43.4 Å². The molecule has 6 nitrogen and oxygen atoms in total. The third-order valence-corrected chi connectivity index (χ3v) is 5.99. The van der Waals surface area contributed by atoms with Gasteiger partial charge in [0.1, 0.15) is 17.5 Å². The standard InChI is InChI=1S/C22H25ClO6/c1-2-27-17-6-3-14(4-7-17)9-15-10-16(5-8-18(15)23)22-20(26)19(25)11-21(12-24,29-22)13-28-22/h3-8,10,19-20,24-26H,2,9,11-13H2,1H3/t19-,20+,21-,22-/m0/s1. The predicted molar refractivity (Wildman–Crippen MR) is 107 cm³/mol. The maximum atomic E-state index is 10.7. The Balaban J connectivity index is 1.64. The molecule has 4 atom stereocenters. The van der Waals surface area contributed by atoms with Gasteiger partial charge in [0.05, 0.1) is 25.9 Å². The number of hydrogen-bond donors (Lipinski definition) is 3. The SMILES string of the molecule is CCOc1ccc(Cc2cc([C@@]34OC[C@@](CO)(C[C@H](O)[C@H]3O)O4)ccc2Cl)cc1. The van der Waals surface area contributed by atoms with Crippen LogP contribution < -0.4 is 4.74 Å². The van der Waals surface area contributed by atoms with Crippen LogP contribution in [0.15, 0.2) is 42.5 Å². The van der Waals surface area contributed by atoms with Crippen molar-refractivity contribution in [1.82, 2.24) is 0 Å². The van der Waals surface area contributed by atoms with E-state index < -0.39 is 23.6 Å². The normalized spacial score (nSPS) is 31.1. The van der Waals surface area contributed by atoms with Gasteiger partial charge in [-0.2, -0.15) is 0 Å². The quantitative estimate of drug-likeness (QED) is 0.665. The molecule has 0 aromatic heterocycles. The Morgan fingerprint density at radius 2 is 1.93 bits per heavy atom. The van der Waals surface area contributed by atoms with Gasteiger partial charge >= 0.3 is 0 Å². The Kier molecular flexibility index (Phi) is 5.59. The highest BCUT2D eigenvalue weighted by atomic mass is 35.5. The first-order valence-corrected chi connectivity index (χ1v) is 10.1. The lowest BCUT2D eigenvalue weighted by Gasteiger charge is -2.43. The fourth-order valence-corrected chi connectivity index (χ4v) is 4.27. The number of hydrogen-bond acceptors (Lipinski definition) is 6. The molecular formula is C22H25ClO6. The van der Waals surface area contributed by atoms with E-state index in [1.165, 1.54) is 0 Å². The van der Waals surface area contributed by atoms with Crippen LogP contribution >= 0.6 is 11.6 Å². The van der Waals surface area contributed by atoms with E-state index in [-0.39, 0.29) is 19.6 Å². The fraction of sp³-hybridized carbons (Fsp3) is 0.455. The number of aliphatic hydroxyl groups excluding tert-OH is 3. The summed E-state index contributed by atoms with van der Waals surface area (Å²) in [5.74, 6) is -0.721. The maximum Gasteiger partial charge on any atom is 0.225 e. The number of ether oxygens (including phenoxy) is 3. The highest BCUT2D eigenvalue weighted by molar-refractivity contribution is 6.31. The molecule has 0 radical (unpaired) electrons. The van der Waals surface area contributed by atoms with Crippen molar-refractivity contribution in [3.05, 3.63) is 64.2 Å². The van der Waals surface area contributed by atoms with Crippen LogP contribution in [0.4, 0.5) is 0 Å². The molecule has 3 N–H and O–H groups in total. The van der Waals surface area contributed by atoms with Gasteiger partial charge in [-0.1, -0.05) is 29.8 Å². The maximum absolute atomic E-state index is 10.7. The summed E-state index contributed by atoms with van der Waals surface area (Å²) in [7, 11) is 0. The first-order valence-electron chi connectivity index (χ1n) is 9.73. The monoisotopic (exact) mass is 420 g/mol. The summed E-state index contributed by atoms with van der Waals surface area (Å²) in [5, 5.41) is 31.4.